The van der Waals surface area contributed by atoms with Gasteiger partial charge in [-0.25, -0.2) is 4.79 Å². The molecule has 0 radical (unpaired) electrons. The van der Waals surface area contributed by atoms with E-state index in [2.05, 4.69) is 74.3 Å². The number of likely N-dealkylation sites (N-methyl/N-ethyl adjacent to an activating group) is 1. The topological polar surface area (TPSA) is 59.0 Å². The Hall–Kier alpha value is -3.15. The van der Waals surface area contributed by atoms with Crippen molar-refractivity contribution in [3.05, 3.63) is 101 Å². The van der Waals surface area contributed by atoms with Crippen molar-refractivity contribution in [1.29, 1.82) is 0 Å². The molecule has 1 N–H and O–H groups in total. The number of hydrogen-bond donors (Lipinski definition) is 1. The summed E-state index contributed by atoms with van der Waals surface area (Å²) in [6, 6.07) is 25.1. The molecule has 3 rings (SSSR count). The van der Waals surface area contributed by atoms with Crippen LogP contribution < -0.4 is 4.74 Å². The maximum atomic E-state index is 11.3. The predicted octanol–water partition coefficient (Wildman–Crippen LogP) is 5.44. The summed E-state index contributed by atoms with van der Waals surface area (Å²) in [4.78, 5) is 13.6. The van der Waals surface area contributed by atoms with Gasteiger partial charge in [0.1, 0.15) is 12.4 Å². The summed E-state index contributed by atoms with van der Waals surface area (Å²) in [7, 11) is 2.12. The molecule has 0 aliphatic heterocycles. The molecule has 180 valence electrons. The molecule has 0 aliphatic rings. The summed E-state index contributed by atoms with van der Waals surface area (Å²) < 4.78 is 11.3. The maximum Gasteiger partial charge on any atom is 0.333 e. The van der Waals surface area contributed by atoms with Gasteiger partial charge in [-0.2, -0.15) is 0 Å². The van der Waals surface area contributed by atoms with Gasteiger partial charge < -0.3 is 14.6 Å². The van der Waals surface area contributed by atoms with Gasteiger partial charge in [0.2, 0.25) is 0 Å². The fourth-order valence-corrected chi connectivity index (χ4v) is 3.99. The van der Waals surface area contributed by atoms with Crippen molar-refractivity contribution in [3.63, 3.8) is 0 Å². The molecule has 0 aliphatic carbocycles. The quantitative estimate of drug-likeness (QED) is 0.389. The van der Waals surface area contributed by atoms with E-state index >= 15 is 0 Å². The summed E-state index contributed by atoms with van der Waals surface area (Å²) in [6.07, 6.45) is -0.494. The molecule has 3 aromatic carbocycles. The molecule has 5 heteroatoms. The zero-order valence-corrected chi connectivity index (χ0v) is 20.5. The molecule has 0 fully saturated rings. The lowest BCUT2D eigenvalue weighted by molar-refractivity contribution is -0.149. The maximum absolute atomic E-state index is 11.3. The molecule has 1 atom stereocenters. The lowest BCUT2D eigenvalue weighted by Crippen LogP contribution is -2.29. The molecule has 0 heterocycles. The number of carbonyl (C=O) groups is 1. The summed E-state index contributed by atoms with van der Waals surface area (Å²) >= 11 is 0. The zero-order valence-electron chi connectivity index (χ0n) is 20.5. The van der Waals surface area contributed by atoms with E-state index in [4.69, 9.17) is 9.47 Å². The van der Waals surface area contributed by atoms with Crippen LogP contribution in [0, 0.1) is 13.8 Å². The number of rotatable bonds is 12. The minimum atomic E-state index is -0.943. The average molecular weight is 462 g/mol. The smallest absolute Gasteiger partial charge is 0.333 e. The van der Waals surface area contributed by atoms with Gasteiger partial charge in [-0.3, -0.25) is 4.90 Å². The molecule has 0 amide bonds. The lowest BCUT2D eigenvalue weighted by atomic mass is 9.96. The molecule has 0 saturated heterocycles. The number of nitrogens with zero attached hydrogens (tertiary/aromatic N) is 1. The van der Waals surface area contributed by atoms with Crippen LogP contribution in [0.25, 0.3) is 0 Å². The Kier molecular flexibility index (Phi) is 9.25. The van der Waals surface area contributed by atoms with Gasteiger partial charge in [-0.15, -0.1) is 0 Å². The second-order valence-electron chi connectivity index (χ2n) is 8.68. The number of benzene rings is 3. The normalized spacial score (nSPS) is 12.2. The van der Waals surface area contributed by atoms with Crippen molar-refractivity contribution < 1.29 is 19.4 Å². The molecule has 0 saturated carbocycles. The van der Waals surface area contributed by atoms with E-state index in [0.29, 0.717) is 19.6 Å². The minimum Gasteiger partial charge on any atom is -0.492 e. The average Bonchev–Trinajstić information content (AvgIpc) is 2.82. The van der Waals surface area contributed by atoms with Crippen LogP contribution in [-0.2, 0) is 16.0 Å². The van der Waals surface area contributed by atoms with Crippen LogP contribution in [0.1, 0.15) is 40.8 Å². The van der Waals surface area contributed by atoms with Crippen LogP contribution in [0.5, 0.6) is 5.75 Å². The Labute approximate surface area is 203 Å². The summed E-state index contributed by atoms with van der Waals surface area (Å²) in [5.74, 6) is -0.176. The highest BCUT2D eigenvalue weighted by molar-refractivity contribution is 5.72. The van der Waals surface area contributed by atoms with Crippen molar-refractivity contribution in [2.24, 2.45) is 0 Å². The third kappa shape index (κ3) is 7.17. The van der Waals surface area contributed by atoms with Crippen LogP contribution in [0.4, 0.5) is 0 Å². The molecular formula is C29H35NO4. The van der Waals surface area contributed by atoms with Gasteiger partial charge in [0.25, 0.3) is 0 Å². The van der Waals surface area contributed by atoms with E-state index in [0.717, 1.165) is 17.9 Å². The molecule has 3 aromatic rings. The second kappa shape index (κ2) is 12.4. The fourth-order valence-electron chi connectivity index (χ4n) is 3.99. The van der Waals surface area contributed by atoms with Gasteiger partial charge in [-0.05, 0) is 56.6 Å². The first-order valence-corrected chi connectivity index (χ1v) is 11.8. The number of carboxylic acids is 1. The van der Waals surface area contributed by atoms with Gasteiger partial charge in [0, 0.05) is 19.6 Å². The first kappa shape index (κ1) is 25.5. The van der Waals surface area contributed by atoms with Crippen molar-refractivity contribution in [3.8, 4) is 5.75 Å². The minimum absolute atomic E-state index is 0.138. The first-order valence-electron chi connectivity index (χ1n) is 11.8. The van der Waals surface area contributed by atoms with Crippen LogP contribution >= 0.6 is 0 Å². The highest BCUT2D eigenvalue weighted by atomic mass is 16.5. The lowest BCUT2D eigenvalue weighted by Gasteiger charge is -2.29. The number of ether oxygens (including phenoxy) is 2. The molecule has 0 spiro atoms. The Morgan fingerprint density at radius 3 is 1.88 bits per heavy atom. The predicted molar refractivity (Wildman–Crippen MR) is 136 cm³/mol. The molecule has 34 heavy (non-hydrogen) atoms. The Morgan fingerprint density at radius 2 is 1.41 bits per heavy atom. The SMILES string of the molecule is CCO[C@@H](Cc1ccc(OCCN(C)C(c2ccc(C)cc2)c2ccc(C)cc2)cc1)C(=O)O. The van der Waals surface area contributed by atoms with E-state index in [9.17, 15) is 9.90 Å². The summed E-state index contributed by atoms with van der Waals surface area (Å²) in [5.41, 5.74) is 5.91. The van der Waals surface area contributed by atoms with Crippen molar-refractivity contribution >= 4 is 5.97 Å². The van der Waals surface area contributed by atoms with E-state index < -0.39 is 12.1 Å². The highest BCUT2D eigenvalue weighted by Crippen LogP contribution is 2.28. The monoisotopic (exact) mass is 461 g/mol. The number of hydrogen-bond acceptors (Lipinski definition) is 4. The van der Waals surface area contributed by atoms with E-state index in [1.165, 1.54) is 22.3 Å². The highest BCUT2D eigenvalue weighted by Gasteiger charge is 2.20. The first-order chi connectivity index (χ1) is 16.4. The summed E-state index contributed by atoms with van der Waals surface area (Å²) in [6.45, 7) is 7.67. The van der Waals surface area contributed by atoms with E-state index in [-0.39, 0.29) is 6.04 Å². The van der Waals surface area contributed by atoms with E-state index in [1.54, 1.807) is 6.92 Å². The molecule has 0 unspecified atom stereocenters. The van der Waals surface area contributed by atoms with Crippen molar-refractivity contribution in [2.45, 2.75) is 39.3 Å². The number of aliphatic carboxylic acids is 1. The Morgan fingerprint density at radius 1 is 0.882 bits per heavy atom. The number of aryl methyl sites for hydroxylation is 2. The van der Waals surface area contributed by atoms with Crippen LogP contribution in [0.15, 0.2) is 72.8 Å². The van der Waals surface area contributed by atoms with Crippen LogP contribution in [-0.4, -0.2) is 48.9 Å². The largest absolute Gasteiger partial charge is 0.492 e. The Balaban J connectivity index is 1.62. The van der Waals surface area contributed by atoms with Crippen molar-refractivity contribution in [2.75, 3.05) is 26.8 Å². The second-order valence-corrected chi connectivity index (χ2v) is 8.68. The van der Waals surface area contributed by atoms with Crippen LogP contribution in [0.2, 0.25) is 0 Å². The molecule has 0 aromatic heterocycles. The Bertz CT molecular complexity index is 984. The standard InChI is InChI=1S/C29H35NO4/c1-5-33-27(29(31)32)20-23-10-16-26(17-11-23)34-19-18-30(4)28(24-12-6-21(2)7-13-24)25-14-8-22(3)9-15-25/h6-17,27-28H,5,18-20H2,1-4H3,(H,31,32)/t27-/m0/s1. The molecule has 5 nitrogen and oxygen atoms in total. The zero-order chi connectivity index (χ0) is 24.5. The van der Waals surface area contributed by atoms with Crippen LogP contribution in [0.3, 0.4) is 0 Å². The fraction of sp³-hybridized carbons (Fsp3) is 0.345. The van der Waals surface area contributed by atoms with Gasteiger partial charge in [0.05, 0.1) is 6.04 Å². The third-order valence-electron chi connectivity index (χ3n) is 5.93. The van der Waals surface area contributed by atoms with E-state index in [1.807, 2.05) is 24.3 Å². The summed E-state index contributed by atoms with van der Waals surface area (Å²) in [5, 5.41) is 9.27. The molecule has 0 bridgehead atoms. The molecular weight excluding hydrogens is 426 g/mol. The van der Waals surface area contributed by atoms with Crippen molar-refractivity contribution in [1.82, 2.24) is 4.90 Å². The third-order valence-corrected chi connectivity index (χ3v) is 5.93. The van der Waals surface area contributed by atoms with Gasteiger partial charge in [0.15, 0.2) is 6.10 Å². The van der Waals surface area contributed by atoms with Gasteiger partial charge >= 0.3 is 5.97 Å². The van der Waals surface area contributed by atoms with Gasteiger partial charge in [-0.1, -0.05) is 71.8 Å². The number of carboxylic acid groups (broad SMARTS) is 1.